The Hall–Kier alpha value is -3.41. The zero-order valence-corrected chi connectivity index (χ0v) is 21.3. The zero-order chi connectivity index (χ0) is 27.3. The second kappa shape index (κ2) is 9.47. The quantitative estimate of drug-likeness (QED) is 0.413. The number of aryl methyl sites for hydroxylation is 1. The van der Waals surface area contributed by atoms with Crippen molar-refractivity contribution in [2.75, 3.05) is 0 Å². The van der Waals surface area contributed by atoms with Gasteiger partial charge in [-0.3, -0.25) is 4.79 Å². The Bertz CT molecular complexity index is 1440. The van der Waals surface area contributed by atoms with Crippen molar-refractivity contribution in [3.8, 4) is 11.4 Å². The first-order chi connectivity index (χ1) is 17.2. The number of amides is 1. The van der Waals surface area contributed by atoms with Crippen LogP contribution in [0.2, 0.25) is 0 Å². The van der Waals surface area contributed by atoms with Crippen molar-refractivity contribution in [1.82, 2.24) is 14.7 Å². The predicted octanol–water partition coefficient (Wildman–Crippen LogP) is 4.99. The second-order valence-corrected chi connectivity index (χ2v) is 11.7. The van der Waals surface area contributed by atoms with Crippen molar-refractivity contribution in [2.45, 2.75) is 63.2 Å². The molecule has 1 amide bonds. The third kappa shape index (κ3) is 5.07. The SMILES string of the molecule is Cc1cccc(-n2cc3c(n2)CN(C(=O)c2cc(S(=O)(=O)C(C)C)ccc2O[C@@H](C)C(F)(F)F)C3)c1F. The van der Waals surface area contributed by atoms with Crippen LogP contribution in [-0.2, 0) is 22.9 Å². The van der Waals surface area contributed by atoms with E-state index in [1.807, 2.05) is 0 Å². The number of halogens is 4. The standard InChI is InChI=1S/C25H25F4N3O4S/c1-14(2)37(34,35)18-8-9-22(36-16(4)25(27,28)29)19(10-18)24(33)31-11-17-12-32(30-20(17)13-31)21-7-5-6-15(3)23(21)26/h5-10,12,14,16H,11,13H2,1-4H3/t16-/m0/s1. The van der Waals surface area contributed by atoms with E-state index in [4.69, 9.17) is 4.74 Å². The number of ether oxygens (including phenoxy) is 1. The van der Waals surface area contributed by atoms with Crippen LogP contribution in [0.4, 0.5) is 17.6 Å². The first-order valence-electron chi connectivity index (χ1n) is 11.4. The topological polar surface area (TPSA) is 81.5 Å². The van der Waals surface area contributed by atoms with Crippen molar-refractivity contribution >= 4 is 15.7 Å². The van der Waals surface area contributed by atoms with Crippen LogP contribution < -0.4 is 4.74 Å². The lowest BCUT2D eigenvalue weighted by molar-refractivity contribution is -0.189. The molecule has 37 heavy (non-hydrogen) atoms. The summed E-state index contributed by atoms with van der Waals surface area (Å²) in [6.45, 7) is 5.40. The molecule has 198 valence electrons. The van der Waals surface area contributed by atoms with Crippen LogP contribution >= 0.6 is 0 Å². The lowest BCUT2D eigenvalue weighted by Gasteiger charge is -2.22. The summed E-state index contributed by atoms with van der Waals surface area (Å²) in [6, 6.07) is 8.14. The Morgan fingerprint density at radius 2 is 1.81 bits per heavy atom. The highest BCUT2D eigenvalue weighted by molar-refractivity contribution is 7.92. The molecule has 4 rings (SSSR count). The molecule has 12 heteroatoms. The highest BCUT2D eigenvalue weighted by Crippen LogP contribution is 2.33. The van der Waals surface area contributed by atoms with Gasteiger partial charge in [0.15, 0.2) is 21.8 Å². The minimum Gasteiger partial charge on any atom is -0.480 e. The fraction of sp³-hybridized carbons (Fsp3) is 0.360. The van der Waals surface area contributed by atoms with Gasteiger partial charge in [-0.1, -0.05) is 12.1 Å². The maximum absolute atomic E-state index is 14.5. The second-order valence-electron chi connectivity index (χ2n) is 9.17. The molecular weight excluding hydrogens is 514 g/mol. The van der Waals surface area contributed by atoms with Crippen LogP contribution in [0.15, 0.2) is 47.5 Å². The molecule has 0 unspecified atom stereocenters. The Morgan fingerprint density at radius 3 is 2.43 bits per heavy atom. The van der Waals surface area contributed by atoms with E-state index in [1.165, 1.54) is 23.4 Å². The minimum atomic E-state index is -4.69. The number of carbonyl (C=O) groups is 1. The molecule has 1 aromatic heterocycles. The van der Waals surface area contributed by atoms with Crippen LogP contribution in [-0.4, -0.2) is 46.5 Å². The lowest BCUT2D eigenvalue weighted by Crippen LogP contribution is -2.33. The number of nitrogens with zero attached hydrogens (tertiary/aromatic N) is 3. The van der Waals surface area contributed by atoms with Crippen LogP contribution in [0.25, 0.3) is 5.69 Å². The van der Waals surface area contributed by atoms with E-state index < -0.39 is 39.1 Å². The van der Waals surface area contributed by atoms with Gasteiger partial charge in [0.05, 0.1) is 27.9 Å². The zero-order valence-electron chi connectivity index (χ0n) is 20.5. The Morgan fingerprint density at radius 1 is 1.11 bits per heavy atom. The minimum absolute atomic E-state index is 0.00399. The summed E-state index contributed by atoms with van der Waals surface area (Å²) < 4.78 is 85.8. The normalized spacial score (nSPS) is 14.7. The van der Waals surface area contributed by atoms with E-state index in [0.29, 0.717) is 16.8 Å². The fourth-order valence-corrected chi connectivity index (χ4v) is 4.97. The van der Waals surface area contributed by atoms with Gasteiger partial charge in [-0.25, -0.2) is 17.5 Å². The van der Waals surface area contributed by atoms with Gasteiger partial charge >= 0.3 is 6.18 Å². The summed E-state index contributed by atoms with van der Waals surface area (Å²) in [5.41, 5.74) is 1.51. The number of benzene rings is 2. The largest absolute Gasteiger partial charge is 0.480 e. The summed E-state index contributed by atoms with van der Waals surface area (Å²) in [4.78, 5) is 14.6. The number of sulfone groups is 1. The average Bonchev–Trinajstić information content (AvgIpc) is 3.39. The summed E-state index contributed by atoms with van der Waals surface area (Å²) in [5, 5.41) is 3.57. The van der Waals surface area contributed by atoms with E-state index in [1.54, 1.807) is 31.3 Å². The van der Waals surface area contributed by atoms with Gasteiger partial charge < -0.3 is 9.64 Å². The molecule has 2 aromatic carbocycles. The average molecular weight is 540 g/mol. The Balaban J connectivity index is 1.66. The number of hydrogen-bond acceptors (Lipinski definition) is 5. The molecule has 0 bridgehead atoms. The van der Waals surface area contributed by atoms with Gasteiger partial charge in [0.1, 0.15) is 11.4 Å². The highest BCUT2D eigenvalue weighted by atomic mass is 32.2. The van der Waals surface area contributed by atoms with E-state index in [-0.39, 0.29) is 35.0 Å². The number of aromatic nitrogens is 2. The third-order valence-electron chi connectivity index (χ3n) is 6.18. The molecule has 1 aliphatic rings. The number of rotatable bonds is 6. The lowest BCUT2D eigenvalue weighted by atomic mass is 10.1. The number of hydrogen-bond donors (Lipinski definition) is 0. The molecule has 1 aliphatic heterocycles. The van der Waals surface area contributed by atoms with Crippen molar-refractivity contribution in [2.24, 2.45) is 0 Å². The molecule has 2 heterocycles. The monoisotopic (exact) mass is 539 g/mol. The van der Waals surface area contributed by atoms with E-state index in [9.17, 15) is 30.8 Å². The van der Waals surface area contributed by atoms with Gasteiger partial charge in [0.2, 0.25) is 0 Å². The first kappa shape index (κ1) is 26.6. The number of fused-ring (bicyclic) bond motifs is 1. The molecule has 1 atom stereocenters. The molecule has 0 aliphatic carbocycles. The molecule has 7 nitrogen and oxygen atoms in total. The maximum Gasteiger partial charge on any atom is 0.425 e. The molecule has 0 fully saturated rings. The third-order valence-corrected chi connectivity index (χ3v) is 8.33. The number of alkyl halides is 3. The van der Waals surface area contributed by atoms with Crippen molar-refractivity contribution in [3.63, 3.8) is 0 Å². The number of carbonyl (C=O) groups excluding carboxylic acids is 1. The van der Waals surface area contributed by atoms with Crippen molar-refractivity contribution in [3.05, 3.63) is 70.8 Å². The Kier molecular flexibility index (Phi) is 6.82. The van der Waals surface area contributed by atoms with E-state index >= 15 is 0 Å². The molecule has 0 radical (unpaired) electrons. The summed E-state index contributed by atoms with van der Waals surface area (Å²) in [7, 11) is -3.82. The van der Waals surface area contributed by atoms with Gasteiger partial charge in [0, 0.05) is 18.3 Å². The van der Waals surface area contributed by atoms with Crippen LogP contribution in [0.5, 0.6) is 5.75 Å². The van der Waals surface area contributed by atoms with Gasteiger partial charge in [-0.15, -0.1) is 0 Å². The Labute approximate surface area is 211 Å². The van der Waals surface area contributed by atoms with Crippen LogP contribution in [0, 0.1) is 12.7 Å². The van der Waals surface area contributed by atoms with Crippen molar-refractivity contribution in [1.29, 1.82) is 0 Å². The van der Waals surface area contributed by atoms with Gasteiger partial charge in [-0.05, 0) is 57.5 Å². The maximum atomic E-state index is 14.5. The summed E-state index contributed by atoms with van der Waals surface area (Å²) in [6.07, 6.45) is -5.33. The molecule has 3 aromatic rings. The van der Waals surface area contributed by atoms with Crippen LogP contribution in [0.1, 0.15) is 48.0 Å². The molecule has 0 N–H and O–H groups in total. The van der Waals surface area contributed by atoms with Crippen LogP contribution in [0.3, 0.4) is 0 Å². The molecule has 0 spiro atoms. The molecule has 0 saturated carbocycles. The van der Waals surface area contributed by atoms with Gasteiger partial charge in [0.25, 0.3) is 5.91 Å². The molecular formula is C25H25F4N3O4S. The smallest absolute Gasteiger partial charge is 0.425 e. The van der Waals surface area contributed by atoms with E-state index in [0.717, 1.165) is 25.1 Å². The predicted molar refractivity (Wildman–Crippen MR) is 127 cm³/mol. The van der Waals surface area contributed by atoms with Crippen molar-refractivity contribution < 1.29 is 35.5 Å². The highest BCUT2D eigenvalue weighted by Gasteiger charge is 2.39. The molecule has 0 saturated heterocycles. The first-order valence-corrected chi connectivity index (χ1v) is 13.0. The summed E-state index contributed by atoms with van der Waals surface area (Å²) >= 11 is 0. The fourth-order valence-electron chi connectivity index (χ4n) is 3.88. The van der Waals surface area contributed by atoms with E-state index in [2.05, 4.69) is 5.10 Å². The summed E-state index contributed by atoms with van der Waals surface area (Å²) in [5.74, 6) is -1.52. The van der Waals surface area contributed by atoms with Gasteiger partial charge in [-0.2, -0.15) is 18.3 Å².